The first kappa shape index (κ1) is 26.6. The van der Waals surface area contributed by atoms with E-state index in [9.17, 15) is 26.7 Å². The number of carbonyl (C=O) groups excluding carboxylic acids is 1. The normalized spacial score (nSPS) is 13.7. The van der Waals surface area contributed by atoms with Gasteiger partial charge < -0.3 is 4.57 Å². The van der Waals surface area contributed by atoms with Crippen molar-refractivity contribution in [3.8, 4) is 11.1 Å². The number of aliphatic imine (C=N–C) groups is 1. The highest BCUT2D eigenvalue weighted by Gasteiger charge is 2.33. The second kappa shape index (κ2) is 9.21. The van der Waals surface area contributed by atoms with Crippen LogP contribution in [0.5, 0.6) is 0 Å². The summed E-state index contributed by atoms with van der Waals surface area (Å²) in [7, 11) is 0. The van der Waals surface area contributed by atoms with Gasteiger partial charge in [0.2, 0.25) is 0 Å². The van der Waals surface area contributed by atoms with Crippen molar-refractivity contribution >= 4 is 22.5 Å². The Morgan fingerprint density at radius 2 is 1.60 bits per heavy atom. The van der Waals surface area contributed by atoms with Crippen molar-refractivity contribution in [2.24, 2.45) is 15.8 Å². The monoisotopic (exact) mass is 492 g/mol. The Labute approximate surface area is 201 Å². The molecular weight excluding hydrogens is 463 g/mol. The summed E-state index contributed by atoms with van der Waals surface area (Å²) in [6, 6.07) is 9.81. The zero-order valence-electron chi connectivity index (χ0n) is 20.6. The predicted molar refractivity (Wildman–Crippen MR) is 129 cm³/mol. The van der Waals surface area contributed by atoms with Gasteiger partial charge in [-0.15, -0.1) is 0 Å². The minimum atomic E-state index is -4.55. The lowest BCUT2D eigenvalue weighted by Gasteiger charge is -2.20. The second-order valence-corrected chi connectivity index (χ2v) is 10.9. The molecule has 1 amide bonds. The summed E-state index contributed by atoms with van der Waals surface area (Å²) in [6.07, 6.45) is -6.05. The van der Waals surface area contributed by atoms with Crippen LogP contribution in [0.2, 0.25) is 0 Å². The molecule has 0 aliphatic heterocycles. The Bertz CT molecular complexity index is 1270. The Morgan fingerprint density at radius 3 is 2.14 bits per heavy atom. The number of amides is 1. The third kappa shape index (κ3) is 5.97. The van der Waals surface area contributed by atoms with Crippen LogP contribution in [0.3, 0.4) is 0 Å². The summed E-state index contributed by atoms with van der Waals surface area (Å²) >= 11 is 0. The van der Waals surface area contributed by atoms with Gasteiger partial charge in [0.1, 0.15) is 5.71 Å². The molecule has 0 radical (unpaired) electrons. The number of carbonyl (C=O) groups is 1. The Kier molecular flexibility index (Phi) is 6.99. The first-order valence-electron chi connectivity index (χ1n) is 11.2. The SMILES string of the molecule is CC(C)(C)Cn1cc(C(=NC(=O)C(C)(C)C)C(F)F)c2ccc(-c3ccccc3C(F)(F)F)cc21. The van der Waals surface area contributed by atoms with Gasteiger partial charge in [-0.05, 0) is 28.7 Å². The van der Waals surface area contributed by atoms with Crippen LogP contribution in [-0.4, -0.2) is 22.6 Å². The third-order valence-electron chi connectivity index (χ3n) is 5.42. The molecule has 35 heavy (non-hydrogen) atoms. The minimum Gasteiger partial charge on any atom is -0.346 e. The topological polar surface area (TPSA) is 34.4 Å². The highest BCUT2D eigenvalue weighted by molar-refractivity contribution is 6.16. The molecular formula is C27H29F5N2O. The molecule has 0 bridgehead atoms. The molecule has 0 saturated heterocycles. The molecule has 0 atom stereocenters. The minimum absolute atomic E-state index is 0.00220. The fourth-order valence-corrected chi connectivity index (χ4v) is 3.79. The summed E-state index contributed by atoms with van der Waals surface area (Å²) < 4.78 is 70.9. The van der Waals surface area contributed by atoms with Gasteiger partial charge in [0.25, 0.3) is 12.3 Å². The van der Waals surface area contributed by atoms with Crippen LogP contribution in [0.4, 0.5) is 22.0 Å². The summed E-state index contributed by atoms with van der Waals surface area (Å²) in [4.78, 5) is 16.2. The summed E-state index contributed by atoms with van der Waals surface area (Å²) in [5.41, 5.74) is -1.74. The summed E-state index contributed by atoms with van der Waals surface area (Å²) in [5, 5.41) is 0.392. The Hall–Kier alpha value is -3.03. The van der Waals surface area contributed by atoms with Gasteiger partial charge in [-0.2, -0.15) is 13.2 Å². The van der Waals surface area contributed by atoms with Crippen molar-refractivity contribution in [3.63, 3.8) is 0 Å². The zero-order valence-corrected chi connectivity index (χ0v) is 20.6. The van der Waals surface area contributed by atoms with Crippen molar-refractivity contribution in [1.29, 1.82) is 0 Å². The molecule has 3 nitrogen and oxygen atoms in total. The van der Waals surface area contributed by atoms with E-state index in [0.717, 1.165) is 6.07 Å². The molecule has 0 fully saturated rings. The fraction of sp³-hybridized carbons (Fsp3) is 0.407. The van der Waals surface area contributed by atoms with E-state index in [2.05, 4.69) is 4.99 Å². The van der Waals surface area contributed by atoms with Crippen molar-refractivity contribution in [3.05, 3.63) is 59.8 Å². The molecule has 8 heteroatoms. The van der Waals surface area contributed by atoms with Crippen molar-refractivity contribution in [2.75, 3.05) is 0 Å². The quantitative estimate of drug-likeness (QED) is 0.268. The lowest BCUT2D eigenvalue weighted by molar-refractivity contribution is -0.137. The van der Waals surface area contributed by atoms with E-state index in [1.54, 1.807) is 31.4 Å². The number of fused-ring (bicyclic) bond motifs is 1. The molecule has 1 heterocycles. The van der Waals surface area contributed by atoms with Crippen LogP contribution in [0.1, 0.15) is 52.7 Å². The maximum absolute atomic E-state index is 14.1. The molecule has 3 rings (SSSR count). The van der Waals surface area contributed by atoms with Gasteiger partial charge in [-0.25, -0.2) is 13.8 Å². The van der Waals surface area contributed by atoms with E-state index in [1.165, 1.54) is 36.5 Å². The van der Waals surface area contributed by atoms with Crippen LogP contribution in [0.25, 0.3) is 22.0 Å². The van der Waals surface area contributed by atoms with Crippen LogP contribution in [-0.2, 0) is 17.5 Å². The van der Waals surface area contributed by atoms with Crippen LogP contribution >= 0.6 is 0 Å². The standard InChI is InChI=1S/C27H29F5N2O/c1-25(2,3)15-34-14-19(22(23(28)29)33-24(35)26(4,5)6)18-12-11-16(13-21(18)34)17-9-7-8-10-20(17)27(30,31)32/h7-14,23H,15H2,1-6H3. The molecule has 0 spiro atoms. The van der Waals surface area contributed by atoms with E-state index in [1.807, 2.05) is 20.8 Å². The molecule has 0 aliphatic rings. The Morgan fingerprint density at radius 1 is 0.971 bits per heavy atom. The van der Waals surface area contributed by atoms with Gasteiger partial charge in [0.05, 0.1) is 5.56 Å². The van der Waals surface area contributed by atoms with Crippen LogP contribution in [0, 0.1) is 10.8 Å². The molecule has 188 valence electrons. The molecule has 0 unspecified atom stereocenters. The zero-order chi connectivity index (χ0) is 26.3. The smallest absolute Gasteiger partial charge is 0.346 e. The highest BCUT2D eigenvalue weighted by Crippen LogP contribution is 2.39. The lowest BCUT2D eigenvalue weighted by atomic mass is 9.95. The first-order chi connectivity index (χ1) is 16.0. The Balaban J connectivity index is 2.30. The molecule has 0 saturated carbocycles. The average molecular weight is 493 g/mol. The number of halogens is 5. The first-order valence-corrected chi connectivity index (χ1v) is 11.2. The number of benzene rings is 2. The number of rotatable bonds is 4. The van der Waals surface area contributed by atoms with E-state index < -0.39 is 35.2 Å². The molecule has 3 aromatic rings. The fourth-order valence-electron chi connectivity index (χ4n) is 3.79. The van der Waals surface area contributed by atoms with Crippen molar-refractivity contribution < 1.29 is 26.7 Å². The van der Waals surface area contributed by atoms with E-state index in [0.29, 0.717) is 23.0 Å². The van der Waals surface area contributed by atoms with Gasteiger partial charge in [0, 0.05) is 34.6 Å². The van der Waals surface area contributed by atoms with Gasteiger partial charge in [-0.3, -0.25) is 4.79 Å². The maximum Gasteiger partial charge on any atom is 0.417 e. The number of hydrogen-bond acceptors (Lipinski definition) is 1. The maximum atomic E-state index is 14.1. The number of nitrogens with zero attached hydrogens (tertiary/aromatic N) is 2. The van der Waals surface area contributed by atoms with Gasteiger partial charge in [-0.1, -0.05) is 71.9 Å². The van der Waals surface area contributed by atoms with Crippen LogP contribution in [0.15, 0.2) is 53.7 Å². The summed E-state index contributed by atoms with van der Waals surface area (Å²) in [5.74, 6) is -0.680. The highest BCUT2D eigenvalue weighted by atomic mass is 19.4. The van der Waals surface area contributed by atoms with E-state index >= 15 is 0 Å². The second-order valence-electron chi connectivity index (χ2n) is 10.9. The third-order valence-corrected chi connectivity index (χ3v) is 5.42. The van der Waals surface area contributed by atoms with Crippen molar-refractivity contribution in [1.82, 2.24) is 4.57 Å². The van der Waals surface area contributed by atoms with E-state index in [-0.39, 0.29) is 16.5 Å². The molecule has 0 aliphatic carbocycles. The molecule has 0 N–H and O–H groups in total. The number of alkyl halides is 5. The number of aromatic nitrogens is 1. The van der Waals surface area contributed by atoms with Crippen molar-refractivity contribution in [2.45, 2.75) is 60.7 Å². The predicted octanol–water partition coefficient (Wildman–Crippen LogP) is 8.00. The number of hydrogen-bond donors (Lipinski definition) is 0. The summed E-state index contributed by atoms with van der Waals surface area (Å²) in [6.45, 7) is 11.1. The average Bonchev–Trinajstić information content (AvgIpc) is 3.06. The van der Waals surface area contributed by atoms with E-state index in [4.69, 9.17) is 0 Å². The largest absolute Gasteiger partial charge is 0.417 e. The molecule has 2 aromatic carbocycles. The lowest BCUT2D eigenvalue weighted by Crippen LogP contribution is -2.22. The van der Waals surface area contributed by atoms with Gasteiger partial charge in [0.15, 0.2) is 0 Å². The van der Waals surface area contributed by atoms with Gasteiger partial charge >= 0.3 is 6.18 Å². The van der Waals surface area contributed by atoms with Crippen LogP contribution < -0.4 is 0 Å². The molecule has 1 aromatic heterocycles.